The van der Waals surface area contributed by atoms with E-state index in [4.69, 9.17) is 4.98 Å². The molecule has 1 fully saturated rings. The number of anilines is 1. The smallest absolute Gasteiger partial charge is 0.231 e. The van der Waals surface area contributed by atoms with Crippen molar-refractivity contribution in [3.05, 3.63) is 60.2 Å². The van der Waals surface area contributed by atoms with E-state index in [9.17, 15) is 13.2 Å². The summed E-state index contributed by atoms with van der Waals surface area (Å²) in [4.78, 5) is 20.1. The summed E-state index contributed by atoms with van der Waals surface area (Å²) >= 11 is 1.53. The number of hydrogen-bond donors (Lipinski definition) is 0. The molecule has 3 aromatic rings. The molecule has 1 aliphatic rings. The van der Waals surface area contributed by atoms with Gasteiger partial charge in [-0.05, 0) is 43.9 Å². The minimum atomic E-state index is -3.21. The van der Waals surface area contributed by atoms with Gasteiger partial charge in [0.05, 0.1) is 16.0 Å². The van der Waals surface area contributed by atoms with E-state index in [2.05, 4.69) is 12.1 Å². The van der Waals surface area contributed by atoms with Gasteiger partial charge in [0.25, 0.3) is 0 Å². The summed E-state index contributed by atoms with van der Waals surface area (Å²) in [7, 11) is -3.21. The molecule has 6 nitrogen and oxygen atoms in total. The SMILES string of the molecule is CCS(=O)(=O)N1CCC(C(=O)N(CCc2ccccc2)c2nc3ccccc3s2)CC1. The Morgan fingerprint density at radius 3 is 2.45 bits per heavy atom. The second-order valence-corrected chi connectivity index (χ2v) is 11.0. The summed E-state index contributed by atoms with van der Waals surface area (Å²) in [5.74, 6) is -0.0461. The number of para-hydroxylation sites is 1. The second-order valence-electron chi connectivity index (χ2n) is 7.76. The van der Waals surface area contributed by atoms with Crippen molar-refractivity contribution in [3.8, 4) is 0 Å². The Morgan fingerprint density at radius 1 is 1.10 bits per heavy atom. The van der Waals surface area contributed by atoms with Crippen LogP contribution in [0.4, 0.5) is 5.13 Å². The van der Waals surface area contributed by atoms with Crippen LogP contribution >= 0.6 is 11.3 Å². The standard InChI is InChI=1S/C23H27N3O3S2/c1-2-31(28,29)25-15-13-19(14-16-25)22(27)26(17-12-18-8-4-3-5-9-18)23-24-20-10-6-7-11-21(20)30-23/h3-11,19H,2,12-17H2,1H3. The Morgan fingerprint density at radius 2 is 1.77 bits per heavy atom. The Bertz CT molecular complexity index is 1100. The van der Waals surface area contributed by atoms with E-state index < -0.39 is 10.0 Å². The number of amides is 1. The number of piperidine rings is 1. The van der Waals surface area contributed by atoms with Crippen LogP contribution in [0.2, 0.25) is 0 Å². The zero-order valence-corrected chi connectivity index (χ0v) is 19.2. The molecule has 1 amide bonds. The fraction of sp³-hybridized carbons (Fsp3) is 0.391. The predicted molar refractivity (Wildman–Crippen MR) is 126 cm³/mol. The van der Waals surface area contributed by atoms with Crippen LogP contribution in [-0.2, 0) is 21.2 Å². The minimum Gasteiger partial charge on any atom is -0.288 e. The molecular weight excluding hydrogens is 430 g/mol. The molecule has 164 valence electrons. The van der Waals surface area contributed by atoms with Crippen LogP contribution in [-0.4, -0.2) is 49.0 Å². The molecule has 1 saturated heterocycles. The second kappa shape index (κ2) is 9.46. The van der Waals surface area contributed by atoms with Crippen LogP contribution < -0.4 is 4.90 Å². The first kappa shape index (κ1) is 21.9. The normalized spacial score (nSPS) is 15.9. The molecule has 4 rings (SSSR count). The molecule has 2 heterocycles. The minimum absolute atomic E-state index is 0.0449. The van der Waals surface area contributed by atoms with Crippen molar-refractivity contribution in [1.29, 1.82) is 0 Å². The maximum absolute atomic E-state index is 13.5. The molecule has 0 spiro atoms. The van der Waals surface area contributed by atoms with Crippen molar-refractivity contribution in [2.45, 2.75) is 26.2 Å². The Kier molecular flexibility index (Phi) is 6.69. The van der Waals surface area contributed by atoms with E-state index in [1.807, 2.05) is 47.4 Å². The number of fused-ring (bicyclic) bond motifs is 1. The third kappa shape index (κ3) is 4.97. The first-order valence-electron chi connectivity index (χ1n) is 10.7. The first-order valence-corrected chi connectivity index (χ1v) is 13.1. The number of benzene rings is 2. The van der Waals surface area contributed by atoms with E-state index in [1.54, 1.807) is 6.92 Å². The summed E-state index contributed by atoms with van der Waals surface area (Å²) in [5, 5.41) is 0.714. The van der Waals surface area contributed by atoms with Crippen molar-refractivity contribution in [2.24, 2.45) is 5.92 Å². The van der Waals surface area contributed by atoms with E-state index >= 15 is 0 Å². The summed E-state index contributed by atoms with van der Waals surface area (Å²) in [5.41, 5.74) is 2.06. The van der Waals surface area contributed by atoms with Crippen LogP contribution in [0.1, 0.15) is 25.3 Å². The van der Waals surface area contributed by atoms with Crippen LogP contribution in [0.25, 0.3) is 10.2 Å². The first-order chi connectivity index (χ1) is 15.0. The number of thiazole rings is 1. The summed E-state index contributed by atoms with van der Waals surface area (Å²) in [6.45, 7) is 3.01. The lowest BCUT2D eigenvalue weighted by molar-refractivity contribution is -0.123. The monoisotopic (exact) mass is 457 g/mol. The predicted octanol–water partition coefficient (Wildman–Crippen LogP) is 3.93. The van der Waals surface area contributed by atoms with Gasteiger partial charge in [0.15, 0.2) is 5.13 Å². The third-order valence-corrected chi connectivity index (χ3v) is 8.75. The van der Waals surface area contributed by atoms with Crippen LogP contribution in [0.5, 0.6) is 0 Å². The molecule has 0 atom stereocenters. The Labute approximate surface area is 187 Å². The largest absolute Gasteiger partial charge is 0.288 e. The van der Waals surface area contributed by atoms with Gasteiger partial charge < -0.3 is 0 Å². The molecule has 1 aromatic heterocycles. The van der Waals surface area contributed by atoms with Gasteiger partial charge in [0.2, 0.25) is 15.9 Å². The highest BCUT2D eigenvalue weighted by atomic mass is 32.2. The van der Waals surface area contributed by atoms with Crippen molar-refractivity contribution in [3.63, 3.8) is 0 Å². The molecule has 0 radical (unpaired) electrons. The maximum Gasteiger partial charge on any atom is 0.231 e. The van der Waals surface area contributed by atoms with Gasteiger partial charge in [-0.1, -0.05) is 53.8 Å². The number of nitrogens with zero attached hydrogens (tertiary/aromatic N) is 3. The van der Waals surface area contributed by atoms with Gasteiger partial charge in [0.1, 0.15) is 0 Å². The lowest BCUT2D eigenvalue weighted by Crippen LogP contribution is -2.45. The maximum atomic E-state index is 13.5. The van der Waals surface area contributed by atoms with Gasteiger partial charge in [0, 0.05) is 25.6 Å². The van der Waals surface area contributed by atoms with Crippen molar-refractivity contribution >= 4 is 42.6 Å². The van der Waals surface area contributed by atoms with Crippen LogP contribution in [0.15, 0.2) is 54.6 Å². The van der Waals surface area contributed by atoms with Crippen LogP contribution in [0.3, 0.4) is 0 Å². The van der Waals surface area contributed by atoms with Crippen LogP contribution in [0, 0.1) is 5.92 Å². The quantitative estimate of drug-likeness (QED) is 0.539. The molecule has 1 aliphatic heterocycles. The van der Waals surface area contributed by atoms with Crippen molar-refractivity contribution < 1.29 is 13.2 Å². The molecule has 0 saturated carbocycles. The molecule has 0 unspecified atom stereocenters. The number of carbonyl (C=O) groups excluding carboxylic acids is 1. The zero-order chi connectivity index (χ0) is 21.8. The highest BCUT2D eigenvalue weighted by Crippen LogP contribution is 2.31. The molecular formula is C23H27N3O3S2. The molecule has 0 bridgehead atoms. The average Bonchev–Trinajstić information content (AvgIpc) is 3.23. The molecule has 31 heavy (non-hydrogen) atoms. The van der Waals surface area contributed by atoms with Gasteiger partial charge >= 0.3 is 0 Å². The summed E-state index contributed by atoms with van der Waals surface area (Å²) in [6, 6.07) is 18.0. The van der Waals surface area contributed by atoms with Gasteiger partial charge in [-0.15, -0.1) is 0 Å². The van der Waals surface area contributed by atoms with Crippen molar-refractivity contribution in [1.82, 2.24) is 9.29 Å². The number of rotatable bonds is 7. The van der Waals surface area contributed by atoms with E-state index in [1.165, 1.54) is 21.2 Å². The zero-order valence-electron chi connectivity index (χ0n) is 17.6. The van der Waals surface area contributed by atoms with E-state index in [-0.39, 0.29) is 17.6 Å². The van der Waals surface area contributed by atoms with E-state index in [0.717, 1.165) is 16.6 Å². The number of sulfonamides is 1. The molecule has 0 aliphatic carbocycles. The van der Waals surface area contributed by atoms with Gasteiger partial charge in [-0.2, -0.15) is 0 Å². The number of aromatic nitrogens is 1. The topological polar surface area (TPSA) is 70.6 Å². The Balaban J connectivity index is 1.54. The number of carbonyl (C=O) groups is 1. The number of hydrogen-bond acceptors (Lipinski definition) is 5. The van der Waals surface area contributed by atoms with Gasteiger partial charge in [-0.3, -0.25) is 9.69 Å². The lowest BCUT2D eigenvalue weighted by Gasteiger charge is -2.32. The van der Waals surface area contributed by atoms with Crippen molar-refractivity contribution in [2.75, 3.05) is 30.3 Å². The Hall–Kier alpha value is -2.29. The summed E-state index contributed by atoms with van der Waals surface area (Å²) in [6.07, 6.45) is 1.83. The van der Waals surface area contributed by atoms with E-state index in [0.29, 0.717) is 37.6 Å². The fourth-order valence-electron chi connectivity index (χ4n) is 3.95. The fourth-order valence-corrected chi connectivity index (χ4v) is 6.07. The molecule has 2 aromatic carbocycles. The highest BCUT2D eigenvalue weighted by molar-refractivity contribution is 7.89. The third-order valence-electron chi connectivity index (χ3n) is 5.81. The van der Waals surface area contributed by atoms with Gasteiger partial charge in [-0.25, -0.2) is 17.7 Å². The summed E-state index contributed by atoms with van der Waals surface area (Å²) < 4.78 is 26.9. The molecule has 8 heteroatoms. The average molecular weight is 458 g/mol. The highest BCUT2D eigenvalue weighted by Gasteiger charge is 2.33. The molecule has 0 N–H and O–H groups in total. The lowest BCUT2D eigenvalue weighted by atomic mass is 9.96.